The monoisotopic (exact) mass is 440 g/mol. The number of anilines is 1. The zero-order chi connectivity index (χ0) is 22.2. The predicted octanol–water partition coefficient (Wildman–Crippen LogP) is 4.39. The summed E-state index contributed by atoms with van der Waals surface area (Å²) in [7, 11) is 3.37. The Bertz CT molecular complexity index is 1010. The number of carbonyl (C=O) groups excluding carboxylic acids is 2. The maximum atomic E-state index is 13.2. The molecule has 1 aromatic carbocycles. The van der Waals surface area contributed by atoms with Gasteiger partial charge in [0.2, 0.25) is 0 Å². The first-order valence-corrected chi connectivity index (χ1v) is 9.53. The molecule has 0 spiro atoms. The van der Waals surface area contributed by atoms with Crippen molar-refractivity contribution in [2.24, 2.45) is 0 Å². The van der Waals surface area contributed by atoms with Crippen LogP contribution >= 0.6 is 11.6 Å². The molecule has 1 amide bonds. The van der Waals surface area contributed by atoms with Crippen LogP contribution < -0.4 is 5.32 Å². The van der Waals surface area contributed by atoms with Crippen LogP contribution in [-0.4, -0.2) is 40.5 Å². The number of hydrogen-bond donors (Lipinski definition) is 1. The van der Waals surface area contributed by atoms with Crippen LogP contribution in [0.3, 0.4) is 0 Å². The molecule has 0 atom stereocenters. The first-order chi connectivity index (χ1) is 14.0. The number of nitrogens with zero attached hydrogens (tertiary/aromatic N) is 3. The second-order valence-electron chi connectivity index (χ2n) is 7.30. The lowest BCUT2D eigenvalue weighted by molar-refractivity contribution is -0.141. The standard InChI is InChI=1S/C20H20ClF3N4O2/c1-11(29)15(10-27(2)3)19(30)25-13-6-8-14(9-7-13)28-17(12-4-5-12)16(21)18(26-28)20(22,23)24/h6-10,12H,4-5H2,1-3H3,(H,25,30). The average molecular weight is 441 g/mol. The minimum atomic E-state index is -4.65. The van der Waals surface area contributed by atoms with E-state index in [4.69, 9.17) is 11.6 Å². The molecular formula is C20H20ClF3N4O2. The number of nitrogens with one attached hydrogen (secondary N) is 1. The quantitative estimate of drug-likeness (QED) is 0.411. The molecule has 1 aliphatic rings. The van der Waals surface area contributed by atoms with Crippen molar-refractivity contribution in [3.63, 3.8) is 0 Å². The Kier molecular flexibility index (Phi) is 5.94. The Morgan fingerprint density at radius 2 is 1.83 bits per heavy atom. The summed E-state index contributed by atoms with van der Waals surface area (Å²) in [6.45, 7) is 1.29. The maximum absolute atomic E-state index is 13.2. The lowest BCUT2D eigenvalue weighted by Crippen LogP contribution is -2.21. The fourth-order valence-corrected chi connectivity index (χ4v) is 3.33. The Hall–Kier alpha value is -2.81. The fourth-order valence-electron chi connectivity index (χ4n) is 2.95. The molecule has 1 saturated carbocycles. The van der Waals surface area contributed by atoms with Gasteiger partial charge in [-0.15, -0.1) is 0 Å². The highest BCUT2D eigenvalue weighted by Gasteiger charge is 2.42. The van der Waals surface area contributed by atoms with Gasteiger partial charge in [0.15, 0.2) is 11.5 Å². The lowest BCUT2D eigenvalue weighted by Gasteiger charge is -2.11. The molecule has 2 aromatic rings. The predicted molar refractivity (Wildman–Crippen MR) is 107 cm³/mol. The van der Waals surface area contributed by atoms with Crippen molar-refractivity contribution in [3.8, 4) is 5.69 Å². The van der Waals surface area contributed by atoms with E-state index in [1.807, 2.05) is 0 Å². The van der Waals surface area contributed by atoms with Gasteiger partial charge in [0.25, 0.3) is 5.91 Å². The Morgan fingerprint density at radius 1 is 1.23 bits per heavy atom. The van der Waals surface area contributed by atoms with E-state index in [-0.39, 0.29) is 16.5 Å². The van der Waals surface area contributed by atoms with Gasteiger partial charge in [-0.05, 0) is 44.0 Å². The molecule has 0 radical (unpaired) electrons. The van der Waals surface area contributed by atoms with Gasteiger partial charge >= 0.3 is 6.18 Å². The molecule has 0 aliphatic heterocycles. The second kappa shape index (κ2) is 8.14. The molecule has 0 unspecified atom stereocenters. The molecule has 3 rings (SSSR count). The highest BCUT2D eigenvalue weighted by molar-refractivity contribution is 6.32. The number of hydrogen-bond acceptors (Lipinski definition) is 4. The van der Waals surface area contributed by atoms with E-state index < -0.39 is 23.6 Å². The van der Waals surface area contributed by atoms with Crippen LogP contribution in [0, 0.1) is 0 Å². The maximum Gasteiger partial charge on any atom is 0.436 e. The summed E-state index contributed by atoms with van der Waals surface area (Å²) in [6.07, 6.45) is -1.73. The Labute approximate surface area is 176 Å². The third-order valence-electron chi connectivity index (χ3n) is 4.47. The zero-order valence-electron chi connectivity index (χ0n) is 16.5. The second-order valence-corrected chi connectivity index (χ2v) is 7.67. The average Bonchev–Trinajstić information content (AvgIpc) is 3.41. The minimum absolute atomic E-state index is 0.0197. The SMILES string of the molecule is CC(=O)C(=CN(C)C)C(=O)Nc1ccc(-n2nc(C(F)(F)F)c(Cl)c2C2CC2)cc1. The number of alkyl halides is 3. The van der Waals surface area contributed by atoms with Crippen LogP contribution in [0.1, 0.15) is 37.1 Å². The van der Waals surface area contributed by atoms with Crippen LogP contribution in [0.15, 0.2) is 36.0 Å². The highest BCUT2D eigenvalue weighted by Crippen LogP contribution is 2.47. The number of amides is 1. The molecule has 160 valence electrons. The van der Waals surface area contributed by atoms with Gasteiger partial charge in [0, 0.05) is 31.9 Å². The summed E-state index contributed by atoms with van der Waals surface area (Å²) in [6, 6.07) is 6.13. The minimum Gasteiger partial charge on any atom is -0.383 e. The number of halogens is 4. The zero-order valence-corrected chi connectivity index (χ0v) is 17.3. The van der Waals surface area contributed by atoms with Crippen LogP contribution in [0.25, 0.3) is 5.69 Å². The fraction of sp³-hybridized carbons (Fsp3) is 0.350. The van der Waals surface area contributed by atoms with Crippen LogP contribution in [0.5, 0.6) is 0 Å². The first-order valence-electron chi connectivity index (χ1n) is 9.15. The van der Waals surface area contributed by atoms with Gasteiger partial charge < -0.3 is 10.2 Å². The number of rotatable bonds is 6. The van der Waals surface area contributed by atoms with Crippen molar-refractivity contribution in [3.05, 3.63) is 52.4 Å². The molecule has 30 heavy (non-hydrogen) atoms. The smallest absolute Gasteiger partial charge is 0.383 e. The molecule has 0 bridgehead atoms. The third-order valence-corrected chi connectivity index (χ3v) is 4.85. The van der Waals surface area contributed by atoms with Gasteiger partial charge in [0.05, 0.1) is 22.0 Å². The van der Waals surface area contributed by atoms with Gasteiger partial charge in [-0.2, -0.15) is 18.3 Å². The first kappa shape index (κ1) is 21.9. The van der Waals surface area contributed by atoms with Crippen molar-refractivity contribution >= 4 is 29.0 Å². The van der Waals surface area contributed by atoms with Crippen molar-refractivity contribution in [2.45, 2.75) is 31.9 Å². The molecule has 10 heteroatoms. The largest absolute Gasteiger partial charge is 0.436 e. The number of benzene rings is 1. The van der Waals surface area contributed by atoms with Crippen molar-refractivity contribution in [1.82, 2.24) is 14.7 Å². The summed E-state index contributed by atoms with van der Waals surface area (Å²) in [5.41, 5.74) is -0.00875. The summed E-state index contributed by atoms with van der Waals surface area (Å²) < 4.78 is 40.9. The summed E-state index contributed by atoms with van der Waals surface area (Å²) in [4.78, 5) is 25.7. The van der Waals surface area contributed by atoms with E-state index in [1.165, 1.54) is 42.1 Å². The molecule has 1 heterocycles. The molecule has 6 nitrogen and oxygen atoms in total. The van der Waals surface area contributed by atoms with Gasteiger partial charge in [-0.3, -0.25) is 9.59 Å². The van der Waals surface area contributed by atoms with Crippen LogP contribution in [0.2, 0.25) is 5.02 Å². The van der Waals surface area contributed by atoms with Crippen molar-refractivity contribution in [2.75, 3.05) is 19.4 Å². The van der Waals surface area contributed by atoms with E-state index >= 15 is 0 Å². The molecule has 0 saturated heterocycles. The van der Waals surface area contributed by atoms with Gasteiger partial charge in [-0.1, -0.05) is 11.6 Å². The molecular weight excluding hydrogens is 421 g/mol. The number of ketones is 1. The van der Waals surface area contributed by atoms with E-state index in [9.17, 15) is 22.8 Å². The summed E-state index contributed by atoms with van der Waals surface area (Å²) in [5, 5.41) is 5.93. The van der Waals surface area contributed by atoms with E-state index in [2.05, 4.69) is 10.4 Å². The van der Waals surface area contributed by atoms with Crippen molar-refractivity contribution < 1.29 is 22.8 Å². The van der Waals surface area contributed by atoms with E-state index in [0.29, 0.717) is 17.1 Å². The van der Waals surface area contributed by atoms with Crippen LogP contribution in [0.4, 0.5) is 18.9 Å². The highest BCUT2D eigenvalue weighted by atomic mass is 35.5. The summed E-state index contributed by atoms with van der Waals surface area (Å²) >= 11 is 6.00. The molecule has 1 aliphatic carbocycles. The molecule has 1 N–H and O–H groups in total. The number of carbonyl (C=O) groups is 2. The molecule has 1 fully saturated rings. The summed E-state index contributed by atoms with van der Waals surface area (Å²) in [5.74, 6) is -1.03. The third kappa shape index (κ3) is 4.67. The number of aromatic nitrogens is 2. The van der Waals surface area contributed by atoms with Gasteiger partial charge in [-0.25, -0.2) is 4.68 Å². The number of Topliss-reactive ketones (excluding diaryl/α,β-unsaturated/α-hetero) is 1. The van der Waals surface area contributed by atoms with E-state index in [0.717, 1.165) is 12.8 Å². The van der Waals surface area contributed by atoms with Crippen LogP contribution in [-0.2, 0) is 15.8 Å². The lowest BCUT2D eigenvalue weighted by atomic mass is 10.1. The van der Waals surface area contributed by atoms with Crippen molar-refractivity contribution in [1.29, 1.82) is 0 Å². The Balaban J connectivity index is 1.88. The topological polar surface area (TPSA) is 67.2 Å². The van der Waals surface area contributed by atoms with Gasteiger partial charge in [0.1, 0.15) is 0 Å². The Morgan fingerprint density at radius 3 is 2.30 bits per heavy atom. The normalized spacial score (nSPS) is 14.6. The van der Waals surface area contributed by atoms with E-state index in [1.54, 1.807) is 19.0 Å². The molecule has 1 aromatic heterocycles.